The zero-order valence-electron chi connectivity index (χ0n) is 10.4. The molecule has 4 heteroatoms. The summed E-state index contributed by atoms with van der Waals surface area (Å²) in [5.74, 6) is 0. The molecule has 0 aliphatic carbocycles. The van der Waals surface area contributed by atoms with E-state index in [1.54, 1.807) is 0 Å². The molecule has 0 aliphatic rings. The second kappa shape index (κ2) is 7.35. The van der Waals surface area contributed by atoms with Gasteiger partial charge in [-0.25, -0.2) is 8.78 Å². The first-order valence-corrected chi connectivity index (χ1v) is 5.82. The molecule has 0 bridgehead atoms. The van der Waals surface area contributed by atoms with Crippen molar-refractivity contribution >= 4 is 0 Å². The summed E-state index contributed by atoms with van der Waals surface area (Å²) < 4.78 is 24.0. The van der Waals surface area contributed by atoms with Crippen molar-refractivity contribution in [3.05, 3.63) is 35.9 Å². The molecule has 1 aromatic rings. The molecule has 0 radical (unpaired) electrons. The number of nitrogens with one attached hydrogen (secondary N) is 1. The Hall–Kier alpha value is -1.00. The van der Waals surface area contributed by atoms with Gasteiger partial charge in [0.05, 0.1) is 6.54 Å². The molecule has 1 aromatic carbocycles. The Kier molecular flexibility index (Phi) is 6.08. The van der Waals surface area contributed by atoms with Crippen molar-refractivity contribution in [1.82, 2.24) is 10.2 Å². The van der Waals surface area contributed by atoms with Gasteiger partial charge >= 0.3 is 0 Å². The van der Waals surface area contributed by atoms with Gasteiger partial charge in [-0.1, -0.05) is 30.3 Å². The number of hydrogen-bond donors (Lipinski definition) is 1. The number of rotatable bonds is 7. The van der Waals surface area contributed by atoms with E-state index >= 15 is 0 Å². The lowest BCUT2D eigenvalue weighted by atomic mass is 10.2. The van der Waals surface area contributed by atoms with E-state index in [-0.39, 0.29) is 12.6 Å². The molecule has 1 rings (SSSR count). The van der Waals surface area contributed by atoms with Crippen molar-refractivity contribution in [3.63, 3.8) is 0 Å². The van der Waals surface area contributed by atoms with E-state index in [9.17, 15) is 8.78 Å². The summed E-state index contributed by atoms with van der Waals surface area (Å²) in [4.78, 5) is 2.12. The fourth-order valence-corrected chi connectivity index (χ4v) is 1.78. The molecule has 1 atom stereocenters. The topological polar surface area (TPSA) is 15.3 Å². The number of likely N-dealkylation sites (N-methyl/N-ethyl adjacent to an activating group) is 1. The molecule has 0 amide bonds. The minimum absolute atomic E-state index is 0.0673. The summed E-state index contributed by atoms with van der Waals surface area (Å²) in [5, 5.41) is 2.81. The molecule has 0 heterocycles. The first-order chi connectivity index (χ1) is 8.08. The largest absolute Gasteiger partial charge is 0.308 e. The molecule has 2 nitrogen and oxygen atoms in total. The van der Waals surface area contributed by atoms with Crippen molar-refractivity contribution in [2.24, 2.45) is 0 Å². The minimum atomic E-state index is -2.28. The third-order valence-electron chi connectivity index (χ3n) is 2.50. The van der Waals surface area contributed by atoms with Gasteiger partial charge in [-0.2, -0.15) is 0 Å². The third-order valence-corrected chi connectivity index (χ3v) is 2.50. The molecule has 0 aliphatic heterocycles. The zero-order chi connectivity index (χ0) is 12.7. The third kappa shape index (κ3) is 6.34. The summed E-state index contributed by atoms with van der Waals surface area (Å²) in [7, 11) is 1.99. The quantitative estimate of drug-likeness (QED) is 0.789. The monoisotopic (exact) mass is 242 g/mol. The van der Waals surface area contributed by atoms with E-state index in [2.05, 4.69) is 22.3 Å². The summed E-state index contributed by atoms with van der Waals surface area (Å²) >= 11 is 0. The average molecular weight is 242 g/mol. The fourth-order valence-electron chi connectivity index (χ4n) is 1.78. The van der Waals surface area contributed by atoms with Crippen LogP contribution in [0.15, 0.2) is 30.3 Å². The first-order valence-electron chi connectivity index (χ1n) is 5.82. The van der Waals surface area contributed by atoms with Crippen LogP contribution in [0, 0.1) is 0 Å². The Balaban J connectivity index is 2.27. The molecule has 1 unspecified atom stereocenters. The maximum atomic E-state index is 12.0. The Bertz CT molecular complexity index is 304. The van der Waals surface area contributed by atoms with Gasteiger partial charge in [0.1, 0.15) is 0 Å². The molecule has 0 saturated heterocycles. The SMILES string of the molecule is CC(CN(C)Cc1ccccc1)NCC(F)F. The Morgan fingerprint density at radius 3 is 2.47 bits per heavy atom. The van der Waals surface area contributed by atoms with Crippen LogP contribution in [0.25, 0.3) is 0 Å². The summed E-state index contributed by atoms with van der Waals surface area (Å²) in [6.07, 6.45) is -2.28. The van der Waals surface area contributed by atoms with Gasteiger partial charge in [-0.3, -0.25) is 0 Å². The predicted octanol–water partition coefficient (Wildman–Crippen LogP) is 2.36. The lowest BCUT2D eigenvalue weighted by Gasteiger charge is -2.22. The van der Waals surface area contributed by atoms with Crippen LogP contribution in [-0.4, -0.2) is 37.5 Å². The number of benzene rings is 1. The molecular weight excluding hydrogens is 222 g/mol. The van der Waals surface area contributed by atoms with Crippen LogP contribution in [0.1, 0.15) is 12.5 Å². The highest BCUT2D eigenvalue weighted by Crippen LogP contribution is 2.03. The Morgan fingerprint density at radius 2 is 1.88 bits per heavy atom. The van der Waals surface area contributed by atoms with E-state index < -0.39 is 6.43 Å². The standard InChI is InChI=1S/C13H20F2N2/c1-11(16-8-13(14)15)9-17(2)10-12-6-4-3-5-7-12/h3-7,11,13,16H,8-10H2,1-2H3. The maximum absolute atomic E-state index is 12.0. The number of hydrogen-bond acceptors (Lipinski definition) is 2. The normalized spacial score (nSPS) is 13.3. The van der Waals surface area contributed by atoms with Crippen LogP contribution < -0.4 is 5.32 Å². The van der Waals surface area contributed by atoms with Crippen LogP contribution in [0.3, 0.4) is 0 Å². The highest BCUT2D eigenvalue weighted by molar-refractivity contribution is 5.14. The van der Waals surface area contributed by atoms with Gasteiger partial charge in [-0.05, 0) is 19.5 Å². The Labute approximate surface area is 102 Å². The highest BCUT2D eigenvalue weighted by Gasteiger charge is 2.09. The predicted molar refractivity (Wildman–Crippen MR) is 66.2 cm³/mol. The van der Waals surface area contributed by atoms with Gasteiger partial charge < -0.3 is 10.2 Å². The molecule has 1 N–H and O–H groups in total. The number of halogens is 2. The second-order valence-corrected chi connectivity index (χ2v) is 4.38. The van der Waals surface area contributed by atoms with Gasteiger partial charge in [0, 0.05) is 19.1 Å². The van der Waals surface area contributed by atoms with Crippen LogP contribution in [0.2, 0.25) is 0 Å². The molecule has 0 aromatic heterocycles. The van der Waals surface area contributed by atoms with Crippen LogP contribution in [0.5, 0.6) is 0 Å². The number of nitrogens with zero attached hydrogens (tertiary/aromatic N) is 1. The molecule has 17 heavy (non-hydrogen) atoms. The molecular formula is C13H20F2N2. The minimum Gasteiger partial charge on any atom is -0.308 e. The van der Waals surface area contributed by atoms with Crippen molar-refractivity contribution in [3.8, 4) is 0 Å². The zero-order valence-corrected chi connectivity index (χ0v) is 10.4. The molecule has 0 saturated carbocycles. The lowest BCUT2D eigenvalue weighted by Crippen LogP contribution is -2.39. The van der Waals surface area contributed by atoms with Gasteiger partial charge in [0.25, 0.3) is 6.43 Å². The van der Waals surface area contributed by atoms with E-state index in [4.69, 9.17) is 0 Å². The van der Waals surface area contributed by atoms with E-state index in [1.807, 2.05) is 32.2 Å². The fraction of sp³-hybridized carbons (Fsp3) is 0.538. The molecule has 96 valence electrons. The van der Waals surface area contributed by atoms with E-state index in [1.165, 1.54) is 5.56 Å². The van der Waals surface area contributed by atoms with Crippen LogP contribution in [0.4, 0.5) is 8.78 Å². The summed E-state index contributed by atoms with van der Waals surface area (Å²) in [6, 6.07) is 10.2. The highest BCUT2D eigenvalue weighted by atomic mass is 19.3. The van der Waals surface area contributed by atoms with E-state index in [0.29, 0.717) is 0 Å². The molecule has 0 spiro atoms. The van der Waals surface area contributed by atoms with Crippen molar-refractivity contribution in [2.75, 3.05) is 20.1 Å². The average Bonchev–Trinajstić information content (AvgIpc) is 2.27. The molecule has 0 fully saturated rings. The summed E-state index contributed by atoms with van der Waals surface area (Å²) in [6.45, 7) is 3.27. The van der Waals surface area contributed by atoms with Gasteiger partial charge in [0.15, 0.2) is 0 Å². The Morgan fingerprint density at radius 1 is 1.24 bits per heavy atom. The van der Waals surface area contributed by atoms with E-state index in [0.717, 1.165) is 13.1 Å². The number of alkyl halides is 2. The van der Waals surface area contributed by atoms with Crippen molar-refractivity contribution < 1.29 is 8.78 Å². The summed E-state index contributed by atoms with van der Waals surface area (Å²) in [5.41, 5.74) is 1.23. The van der Waals surface area contributed by atoms with Crippen LogP contribution >= 0.6 is 0 Å². The van der Waals surface area contributed by atoms with Gasteiger partial charge in [-0.15, -0.1) is 0 Å². The van der Waals surface area contributed by atoms with Crippen molar-refractivity contribution in [2.45, 2.75) is 25.9 Å². The smallest absolute Gasteiger partial charge is 0.250 e. The lowest BCUT2D eigenvalue weighted by molar-refractivity contribution is 0.138. The van der Waals surface area contributed by atoms with Crippen LogP contribution in [-0.2, 0) is 6.54 Å². The second-order valence-electron chi connectivity index (χ2n) is 4.38. The maximum Gasteiger partial charge on any atom is 0.250 e. The first kappa shape index (κ1) is 14.1. The van der Waals surface area contributed by atoms with Gasteiger partial charge in [0.2, 0.25) is 0 Å². The van der Waals surface area contributed by atoms with Crippen molar-refractivity contribution in [1.29, 1.82) is 0 Å².